The summed E-state index contributed by atoms with van der Waals surface area (Å²) in [6.45, 7) is 6.87. The number of halogens is 1. The van der Waals surface area contributed by atoms with Crippen LogP contribution in [0.15, 0.2) is 12.1 Å². The van der Waals surface area contributed by atoms with Gasteiger partial charge in [0.2, 0.25) is 0 Å². The monoisotopic (exact) mass is 308 g/mol. The number of nitrogens with zero attached hydrogens (tertiary/aromatic N) is 1. The van der Waals surface area contributed by atoms with E-state index in [9.17, 15) is 9.50 Å². The molecule has 122 valence electrons. The van der Waals surface area contributed by atoms with E-state index in [1.807, 2.05) is 6.92 Å². The van der Waals surface area contributed by atoms with Crippen molar-refractivity contribution in [2.45, 2.75) is 25.8 Å². The van der Waals surface area contributed by atoms with Gasteiger partial charge in [0.05, 0.1) is 0 Å². The van der Waals surface area contributed by atoms with Crippen LogP contribution in [0.4, 0.5) is 4.39 Å². The predicted molar refractivity (Wildman–Crippen MR) is 83.5 cm³/mol. The summed E-state index contributed by atoms with van der Waals surface area (Å²) in [5, 5.41) is 13.8. The summed E-state index contributed by atoms with van der Waals surface area (Å²) in [5.74, 6) is 0.155. The highest BCUT2D eigenvalue weighted by Crippen LogP contribution is 2.41. The van der Waals surface area contributed by atoms with Crippen LogP contribution >= 0.6 is 0 Å². The van der Waals surface area contributed by atoms with Crippen LogP contribution < -0.4 is 5.32 Å². The van der Waals surface area contributed by atoms with Gasteiger partial charge in [-0.2, -0.15) is 0 Å². The van der Waals surface area contributed by atoms with Gasteiger partial charge in [0.1, 0.15) is 11.6 Å². The number of aromatic hydroxyl groups is 1. The Bertz CT molecular complexity index is 494. The Labute approximate surface area is 131 Å². The van der Waals surface area contributed by atoms with E-state index >= 15 is 0 Å². The highest BCUT2D eigenvalue weighted by Gasteiger charge is 2.35. The van der Waals surface area contributed by atoms with Crippen molar-refractivity contribution < 1.29 is 14.2 Å². The fraction of sp³-hybridized carbons (Fsp3) is 0.647. The first-order chi connectivity index (χ1) is 10.7. The lowest BCUT2D eigenvalue weighted by Gasteiger charge is -2.41. The van der Waals surface area contributed by atoms with Crippen LogP contribution in [0.25, 0.3) is 0 Å². The van der Waals surface area contributed by atoms with E-state index in [-0.39, 0.29) is 17.6 Å². The molecular formula is C17H25FN2O2. The van der Waals surface area contributed by atoms with Crippen molar-refractivity contribution in [2.75, 3.05) is 39.4 Å². The van der Waals surface area contributed by atoms with Crippen LogP contribution in [0.1, 0.15) is 30.0 Å². The van der Waals surface area contributed by atoms with Gasteiger partial charge in [0.15, 0.2) is 0 Å². The summed E-state index contributed by atoms with van der Waals surface area (Å²) < 4.78 is 20.0. The number of hydrogen-bond acceptors (Lipinski definition) is 4. The van der Waals surface area contributed by atoms with E-state index < -0.39 is 0 Å². The normalized spacial score (nSPS) is 22.6. The van der Waals surface area contributed by atoms with Crippen molar-refractivity contribution in [1.82, 2.24) is 10.2 Å². The van der Waals surface area contributed by atoms with Crippen LogP contribution in [-0.4, -0.2) is 49.4 Å². The molecule has 2 N–H and O–H groups in total. The van der Waals surface area contributed by atoms with Gasteiger partial charge < -0.3 is 15.2 Å². The van der Waals surface area contributed by atoms with Gasteiger partial charge >= 0.3 is 0 Å². The minimum absolute atomic E-state index is 0.0640. The minimum Gasteiger partial charge on any atom is -0.507 e. The summed E-state index contributed by atoms with van der Waals surface area (Å²) in [6.07, 6.45) is 1.84. The summed E-state index contributed by atoms with van der Waals surface area (Å²) in [6, 6.07) is 3.07. The topological polar surface area (TPSA) is 44.7 Å². The highest BCUT2D eigenvalue weighted by atomic mass is 19.1. The maximum Gasteiger partial charge on any atom is 0.131 e. The number of phenolic OH excluding ortho intramolecular Hbond substituents is 1. The molecule has 1 aromatic rings. The number of aryl methyl sites for hydroxylation is 1. The van der Waals surface area contributed by atoms with Crippen molar-refractivity contribution >= 4 is 0 Å². The van der Waals surface area contributed by atoms with Crippen molar-refractivity contribution in [1.29, 1.82) is 0 Å². The van der Waals surface area contributed by atoms with Gasteiger partial charge in [0, 0.05) is 51.0 Å². The second-order valence-corrected chi connectivity index (χ2v) is 6.31. The molecule has 2 saturated heterocycles. The molecule has 0 bridgehead atoms. The molecule has 0 spiro atoms. The molecule has 0 saturated carbocycles. The average molecular weight is 308 g/mol. The van der Waals surface area contributed by atoms with Crippen LogP contribution in [0.3, 0.4) is 0 Å². The molecule has 5 heteroatoms. The fourth-order valence-electron chi connectivity index (χ4n) is 3.68. The maximum absolute atomic E-state index is 14.6. The molecule has 1 aromatic carbocycles. The van der Waals surface area contributed by atoms with Crippen LogP contribution in [0.2, 0.25) is 0 Å². The molecule has 0 unspecified atom stereocenters. The van der Waals surface area contributed by atoms with Crippen LogP contribution in [-0.2, 0) is 4.74 Å². The number of nitrogens with one attached hydrogen (secondary N) is 1. The van der Waals surface area contributed by atoms with Gasteiger partial charge in [-0.15, -0.1) is 0 Å². The van der Waals surface area contributed by atoms with E-state index in [0.717, 1.165) is 57.8 Å². The first kappa shape index (κ1) is 15.7. The number of piperazine rings is 1. The third kappa shape index (κ3) is 3.12. The van der Waals surface area contributed by atoms with E-state index in [1.165, 1.54) is 6.07 Å². The predicted octanol–water partition coefficient (Wildman–Crippen LogP) is 2.21. The van der Waals surface area contributed by atoms with Crippen molar-refractivity contribution in [3.05, 3.63) is 29.1 Å². The Hall–Kier alpha value is -1.17. The molecule has 1 atom stereocenters. The quantitative estimate of drug-likeness (QED) is 0.899. The Morgan fingerprint density at radius 1 is 1.27 bits per heavy atom. The van der Waals surface area contributed by atoms with E-state index in [1.54, 1.807) is 6.07 Å². The van der Waals surface area contributed by atoms with Gasteiger partial charge in [0.25, 0.3) is 0 Å². The molecular weight excluding hydrogens is 283 g/mol. The van der Waals surface area contributed by atoms with Crippen molar-refractivity contribution in [2.24, 2.45) is 5.92 Å². The van der Waals surface area contributed by atoms with Gasteiger partial charge in [-0.25, -0.2) is 4.39 Å². The van der Waals surface area contributed by atoms with E-state index in [4.69, 9.17) is 4.74 Å². The largest absolute Gasteiger partial charge is 0.507 e. The summed E-state index contributed by atoms with van der Waals surface area (Å²) in [7, 11) is 0. The summed E-state index contributed by atoms with van der Waals surface area (Å²) in [5.41, 5.74) is 1.22. The molecule has 2 heterocycles. The molecule has 0 aromatic heterocycles. The molecule has 3 rings (SSSR count). The number of ether oxygens (including phenoxy) is 1. The first-order valence-corrected chi connectivity index (χ1v) is 8.19. The molecule has 2 aliphatic rings. The maximum atomic E-state index is 14.6. The summed E-state index contributed by atoms with van der Waals surface area (Å²) in [4.78, 5) is 2.32. The Morgan fingerprint density at radius 3 is 2.64 bits per heavy atom. The first-order valence-electron chi connectivity index (χ1n) is 8.19. The van der Waals surface area contributed by atoms with E-state index in [0.29, 0.717) is 11.5 Å². The van der Waals surface area contributed by atoms with Gasteiger partial charge in [-0.3, -0.25) is 4.90 Å². The average Bonchev–Trinajstić information content (AvgIpc) is 2.57. The number of phenols is 1. The Kier molecular flexibility index (Phi) is 4.96. The zero-order valence-electron chi connectivity index (χ0n) is 13.1. The highest BCUT2D eigenvalue weighted by molar-refractivity contribution is 5.43. The van der Waals surface area contributed by atoms with Gasteiger partial charge in [-0.1, -0.05) is 6.07 Å². The van der Waals surface area contributed by atoms with Crippen molar-refractivity contribution in [3.8, 4) is 5.75 Å². The molecule has 4 nitrogen and oxygen atoms in total. The molecule has 22 heavy (non-hydrogen) atoms. The molecule has 0 aliphatic carbocycles. The molecule has 2 fully saturated rings. The number of benzene rings is 1. The van der Waals surface area contributed by atoms with Crippen molar-refractivity contribution in [3.63, 3.8) is 0 Å². The Balaban J connectivity index is 1.98. The van der Waals surface area contributed by atoms with Crippen LogP contribution in [0, 0.1) is 18.7 Å². The third-order valence-electron chi connectivity index (χ3n) is 4.92. The molecule has 0 amide bonds. The smallest absolute Gasteiger partial charge is 0.131 e. The number of hydrogen-bond donors (Lipinski definition) is 2. The number of rotatable bonds is 3. The zero-order chi connectivity index (χ0) is 15.5. The zero-order valence-corrected chi connectivity index (χ0v) is 13.1. The third-order valence-corrected chi connectivity index (χ3v) is 4.92. The SMILES string of the molecule is Cc1ccc(F)c([C@@H](C2CCOCC2)N2CCNCC2)c1O. The lowest BCUT2D eigenvalue weighted by atomic mass is 9.84. The molecule has 2 aliphatic heterocycles. The molecule has 0 radical (unpaired) electrons. The fourth-order valence-corrected chi connectivity index (χ4v) is 3.68. The van der Waals surface area contributed by atoms with E-state index in [2.05, 4.69) is 10.2 Å². The summed E-state index contributed by atoms with van der Waals surface area (Å²) >= 11 is 0. The lowest BCUT2D eigenvalue weighted by Crippen LogP contribution is -2.47. The Morgan fingerprint density at radius 2 is 1.95 bits per heavy atom. The minimum atomic E-state index is -0.293. The standard InChI is InChI=1S/C17H25FN2O2/c1-12-2-3-14(18)15(17(12)21)16(13-4-10-22-11-5-13)20-8-6-19-7-9-20/h2-3,13,16,19,21H,4-11H2,1H3/t16-/m1/s1. The van der Waals surface area contributed by atoms with Crippen LogP contribution in [0.5, 0.6) is 5.75 Å². The van der Waals surface area contributed by atoms with Gasteiger partial charge in [-0.05, 0) is 37.3 Å². The second kappa shape index (κ2) is 6.94. The second-order valence-electron chi connectivity index (χ2n) is 6.31. The lowest BCUT2D eigenvalue weighted by molar-refractivity contribution is 0.0195.